The van der Waals surface area contributed by atoms with Gasteiger partial charge in [-0.15, -0.1) is 0 Å². The Morgan fingerprint density at radius 1 is 1.20 bits per heavy atom. The van der Waals surface area contributed by atoms with Crippen LogP contribution in [0, 0.1) is 0 Å². The van der Waals surface area contributed by atoms with E-state index in [2.05, 4.69) is 18.3 Å². The SMILES string of the molecule is CCCC(COC)NCc1cccc(OCC)c1OC. The first-order valence-electron chi connectivity index (χ1n) is 7.27. The second kappa shape index (κ2) is 9.61. The number of hydrogen-bond acceptors (Lipinski definition) is 4. The number of rotatable bonds is 10. The normalized spacial score (nSPS) is 12.2. The smallest absolute Gasteiger partial charge is 0.165 e. The fraction of sp³-hybridized carbons (Fsp3) is 0.625. The van der Waals surface area contributed by atoms with Crippen LogP contribution in [0.1, 0.15) is 32.3 Å². The number of hydrogen-bond donors (Lipinski definition) is 1. The van der Waals surface area contributed by atoms with E-state index in [0.29, 0.717) is 12.6 Å². The molecule has 114 valence electrons. The Balaban J connectivity index is 2.72. The fourth-order valence-corrected chi connectivity index (χ4v) is 2.25. The lowest BCUT2D eigenvalue weighted by molar-refractivity contribution is 0.161. The summed E-state index contributed by atoms with van der Waals surface area (Å²) in [5.74, 6) is 1.61. The molecule has 0 aliphatic rings. The van der Waals surface area contributed by atoms with Crippen LogP contribution in [0.15, 0.2) is 18.2 Å². The molecule has 1 N–H and O–H groups in total. The molecule has 0 spiro atoms. The van der Waals surface area contributed by atoms with Crippen LogP contribution >= 0.6 is 0 Å². The largest absolute Gasteiger partial charge is 0.493 e. The Bertz CT molecular complexity index is 376. The van der Waals surface area contributed by atoms with E-state index in [0.717, 1.165) is 43.1 Å². The second-order valence-corrected chi connectivity index (χ2v) is 4.70. The molecule has 1 aromatic carbocycles. The highest BCUT2D eigenvalue weighted by molar-refractivity contribution is 5.46. The van der Waals surface area contributed by atoms with Crippen LogP contribution in [0.4, 0.5) is 0 Å². The predicted molar refractivity (Wildman–Crippen MR) is 81.6 cm³/mol. The zero-order chi connectivity index (χ0) is 14.8. The van der Waals surface area contributed by atoms with Gasteiger partial charge in [0.15, 0.2) is 11.5 Å². The van der Waals surface area contributed by atoms with Crippen LogP contribution in [0.25, 0.3) is 0 Å². The van der Waals surface area contributed by atoms with Gasteiger partial charge in [0, 0.05) is 25.3 Å². The molecule has 4 heteroatoms. The maximum absolute atomic E-state index is 5.59. The quantitative estimate of drug-likeness (QED) is 0.715. The maximum Gasteiger partial charge on any atom is 0.165 e. The van der Waals surface area contributed by atoms with Crippen molar-refractivity contribution in [2.24, 2.45) is 0 Å². The summed E-state index contributed by atoms with van der Waals surface area (Å²) in [6.45, 7) is 6.26. The molecule has 1 aromatic rings. The van der Waals surface area contributed by atoms with Crippen molar-refractivity contribution in [2.45, 2.75) is 39.3 Å². The molecule has 0 radical (unpaired) electrons. The lowest BCUT2D eigenvalue weighted by atomic mass is 10.1. The minimum atomic E-state index is 0.366. The van der Waals surface area contributed by atoms with Gasteiger partial charge in [0.25, 0.3) is 0 Å². The molecule has 0 aliphatic carbocycles. The average molecular weight is 281 g/mol. The fourth-order valence-electron chi connectivity index (χ4n) is 2.25. The van der Waals surface area contributed by atoms with E-state index in [9.17, 15) is 0 Å². The topological polar surface area (TPSA) is 39.7 Å². The highest BCUT2D eigenvalue weighted by Crippen LogP contribution is 2.31. The lowest BCUT2D eigenvalue weighted by Crippen LogP contribution is -2.32. The van der Waals surface area contributed by atoms with Crippen molar-refractivity contribution in [1.29, 1.82) is 0 Å². The number of methoxy groups -OCH3 is 2. The van der Waals surface area contributed by atoms with E-state index in [1.807, 2.05) is 19.1 Å². The second-order valence-electron chi connectivity index (χ2n) is 4.70. The summed E-state index contributed by atoms with van der Waals surface area (Å²) in [5.41, 5.74) is 1.11. The first-order valence-corrected chi connectivity index (χ1v) is 7.27. The third kappa shape index (κ3) is 5.02. The van der Waals surface area contributed by atoms with Gasteiger partial charge < -0.3 is 19.5 Å². The maximum atomic E-state index is 5.59. The molecule has 0 heterocycles. The van der Waals surface area contributed by atoms with Crippen LogP contribution in [0.2, 0.25) is 0 Å². The highest BCUT2D eigenvalue weighted by atomic mass is 16.5. The van der Waals surface area contributed by atoms with Crippen LogP contribution in [-0.2, 0) is 11.3 Å². The highest BCUT2D eigenvalue weighted by Gasteiger charge is 2.12. The standard InChI is InChI=1S/C16H27NO3/c1-5-8-14(12-18-3)17-11-13-9-7-10-15(20-6-2)16(13)19-4/h7,9-10,14,17H,5-6,8,11-12H2,1-4H3. The average Bonchev–Trinajstić information content (AvgIpc) is 2.45. The number of benzene rings is 1. The van der Waals surface area contributed by atoms with Crippen molar-refractivity contribution in [3.63, 3.8) is 0 Å². The summed E-state index contributed by atoms with van der Waals surface area (Å²) in [5, 5.41) is 3.52. The summed E-state index contributed by atoms with van der Waals surface area (Å²) in [4.78, 5) is 0. The zero-order valence-corrected chi connectivity index (χ0v) is 13.1. The molecule has 1 atom stereocenters. The van der Waals surface area contributed by atoms with Gasteiger partial charge in [-0.05, 0) is 19.4 Å². The van der Waals surface area contributed by atoms with Crippen molar-refractivity contribution < 1.29 is 14.2 Å². The van der Waals surface area contributed by atoms with Gasteiger partial charge in [-0.3, -0.25) is 0 Å². The third-order valence-corrected chi connectivity index (χ3v) is 3.15. The van der Waals surface area contributed by atoms with Gasteiger partial charge in [-0.2, -0.15) is 0 Å². The van der Waals surface area contributed by atoms with Crippen LogP contribution in [-0.4, -0.2) is 33.5 Å². The third-order valence-electron chi connectivity index (χ3n) is 3.15. The Labute approximate surface area is 122 Å². The van der Waals surface area contributed by atoms with Crippen LogP contribution < -0.4 is 14.8 Å². The molecule has 0 saturated carbocycles. The van der Waals surface area contributed by atoms with E-state index >= 15 is 0 Å². The summed E-state index contributed by atoms with van der Waals surface area (Å²) in [7, 11) is 3.42. The Morgan fingerprint density at radius 3 is 2.60 bits per heavy atom. The van der Waals surface area contributed by atoms with E-state index in [4.69, 9.17) is 14.2 Å². The molecule has 0 aromatic heterocycles. The van der Waals surface area contributed by atoms with Crippen LogP contribution in [0.3, 0.4) is 0 Å². The molecule has 1 rings (SSSR count). The molecule has 20 heavy (non-hydrogen) atoms. The molecular weight excluding hydrogens is 254 g/mol. The van der Waals surface area contributed by atoms with Crippen molar-refractivity contribution in [2.75, 3.05) is 27.4 Å². The van der Waals surface area contributed by atoms with E-state index in [1.54, 1.807) is 14.2 Å². The summed E-state index contributed by atoms with van der Waals surface area (Å²) >= 11 is 0. The summed E-state index contributed by atoms with van der Waals surface area (Å²) in [6.07, 6.45) is 2.23. The van der Waals surface area contributed by atoms with Crippen molar-refractivity contribution in [3.05, 3.63) is 23.8 Å². The number of ether oxygens (including phenoxy) is 3. The van der Waals surface area contributed by atoms with Crippen molar-refractivity contribution in [1.82, 2.24) is 5.32 Å². The molecule has 0 saturated heterocycles. The number of nitrogens with one attached hydrogen (secondary N) is 1. The Hall–Kier alpha value is -1.26. The number of para-hydroxylation sites is 1. The van der Waals surface area contributed by atoms with Crippen LogP contribution in [0.5, 0.6) is 11.5 Å². The van der Waals surface area contributed by atoms with Gasteiger partial charge in [-0.25, -0.2) is 0 Å². The van der Waals surface area contributed by atoms with E-state index < -0.39 is 0 Å². The molecule has 0 bridgehead atoms. The predicted octanol–water partition coefficient (Wildman–Crippen LogP) is 3.00. The van der Waals surface area contributed by atoms with E-state index in [-0.39, 0.29) is 0 Å². The summed E-state index contributed by atoms with van der Waals surface area (Å²) < 4.78 is 16.3. The minimum Gasteiger partial charge on any atom is -0.493 e. The minimum absolute atomic E-state index is 0.366. The van der Waals surface area contributed by atoms with Gasteiger partial charge >= 0.3 is 0 Å². The Kier molecular flexibility index (Phi) is 8.07. The summed E-state index contributed by atoms with van der Waals surface area (Å²) in [6, 6.07) is 6.36. The van der Waals surface area contributed by atoms with Gasteiger partial charge in [0.1, 0.15) is 0 Å². The van der Waals surface area contributed by atoms with Gasteiger partial charge in [-0.1, -0.05) is 25.5 Å². The van der Waals surface area contributed by atoms with Gasteiger partial charge in [0.05, 0.1) is 20.3 Å². The van der Waals surface area contributed by atoms with E-state index in [1.165, 1.54) is 0 Å². The first-order chi connectivity index (χ1) is 9.76. The molecule has 4 nitrogen and oxygen atoms in total. The molecule has 0 aliphatic heterocycles. The monoisotopic (exact) mass is 281 g/mol. The van der Waals surface area contributed by atoms with Crippen molar-refractivity contribution >= 4 is 0 Å². The molecule has 0 fully saturated rings. The van der Waals surface area contributed by atoms with Gasteiger partial charge in [0.2, 0.25) is 0 Å². The zero-order valence-electron chi connectivity index (χ0n) is 13.1. The molecule has 1 unspecified atom stereocenters. The van der Waals surface area contributed by atoms with Crippen molar-refractivity contribution in [3.8, 4) is 11.5 Å². The molecular formula is C16H27NO3. The molecule has 0 amide bonds. The lowest BCUT2D eigenvalue weighted by Gasteiger charge is -2.19. The first kappa shape index (κ1) is 16.8. The Morgan fingerprint density at radius 2 is 2.00 bits per heavy atom.